The van der Waals surface area contributed by atoms with Gasteiger partial charge >= 0.3 is 5.97 Å². The first kappa shape index (κ1) is 15.5. The third-order valence-electron chi connectivity index (χ3n) is 3.41. The fourth-order valence-corrected chi connectivity index (χ4v) is 2.04. The van der Waals surface area contributed by atoms with Crippen LogP contribution >= 0.6 is 0 Å². The van der Waals surface area contributed by atoms with Crippen LogP contribution in [0.25, 0.3) is 11.0 Å². The molecule has 1 aromatic heterocycles. The number of furan rings is 1. The summed E-state index contributed by atoms with van der Waals surface area (Å²) in [5.74, 6) is -0.956. The molecule has 2 rings (SSSR count). The topological polar surface area (TPSA) is 123 Å². The number of nitrogens with one attached hydrogen (secondary N) is 1. The molecule has 0 aliphatic carbocycles. The number of aromatic carboxylic acids is 1. The van der Waals surface area contributed by atoms with E-state index in [-0.39, 0.29) is 17.9 Å². The maximum absolute atomic E-state index is 11.4. The summed E-state index contributed by atoms with van der Waals surface area (Å²) in [7, 11) is 0. The summed E-state index contributed by atoms with van der Waals surface area (Å²) >= 11 is 0. The van der Waals surface area contributed by atoms with E-state index in [2.05, 4.69) is 5.32 Å². The number of carboxylic acid groups (broad SMARTS) is 1. The van der Waals surface area contributed by atoms with Gasteiger partial charge in [-0.15, -0.1) is 0 Å². The van der Waals surface area contributed by atoms with Crippen LogP contribution in [0.4, 0.5) is 0 Å². The minimum absolute atomic E-state index is 0.0285. The van der Waals surface area contributed by atoms with E-state index in [1.54, 1.807) is 24.3 Å². The number of aliphatic hydroxyl groups excluding tert-OH is 3. The van der Waals surface area contributed by atoms with Gasteiger partial charge in [0.25, 0.3) is 0 Å². The molecule has 0 radical (unpaired) electrons. The summed E-state index contributed by atoms with van der Waals surface area (Å²) in [6, 6.07) is 6.74. The Balaban J connectivity index is 2.34. The number of rotatable bonds is 7. The molecule has 0 aliphatic heterocycles. The van der Waals surface area contributed by atoms with E-state index in [9.17, 15) is 25.2 Å². The van der Waals surface area contributed by atoms with Crippen LogP contribution in [0, 0.1) is 0 Å². The summed E-state index contributed by atoms with van der Waals surface area (Å²) in [5, 5.41) is 40.3. The number of hydrogen-bond donors (Lipinski definition) is 5. The molecule has 0 aliphatic rings. The third kappa shape index (κ3) is 2.91. The Bertz CT molecular complexity index is 623. The molecule has 0 bridgehead atoms. The van der Waals surface area contributed by atoms with E-state index in [1.165, 1.54) is 0 Å². The van der Waals surface area contributed by atoms with Crippen molar-refractivity contribution in [3.05, 3.63) is 35.6 Å². The van der Waals surface area contributed by atoms with E-state index in [4.69, 9.17) is 4.42 Å². The highest BCUT2D eigenvalue weighted by atomic mass is 16.4. The second-order valence-electron chi connectivity index (χ2n) is 4.81. The lowest BCUT2D eigenvalue weighted by molar-refractivity contribution is 0.0402. The van der Waals surface area contributed by atoms with Crippen LogP contribution < -0.4 is 5.32 Å². The summed E-state index contributed by atoms with van der Waals surface area (Å²) in [5.41, 5.74) is -0.829. The Morgan fingerprint density at radius 2 is 1.76 bits per heavy atom. The number of carbonyl (C=O) groups is 1. The molecule has 0 saturated heterocycles. The van der Waals surface area contributed by atoms with Crippen molar-refractivity contribution in [2.45, 2.75) is 12.1 Å². The van der Waals surface area contributed by atoms with Gasteiger partial charge in [0.2, 0.25) is 0 Å². The molecule has 1 aromatic carbocycles. The highest BCUT2D eigenvalue weighted by Gasteiger charge is 2.29. The van der Waals surface area contributed by atoms with Gasteiger partial charge in [-0.25, -0.2) is 4.79 Å². The van der Waals surface area contributed by atoms with Crippen LogP contribution in [0.1, 0.15) is 16.1 Å². The van der Waals surface area contributed by atoms with Crippen molar-refractivity contribution in [3.8, 4) is 0 Å². The van der Waals surface area contributed by atoms with Crippen LogP contribution in [-0.2, 0) is 6.54 Å². The van der Waals surface area contributed by atoms with Gasteiger partial charge in [-0.05, 0) is 6.07 Å². The van der Waals surface area contributed by atoms with E-state index >= 15 is 0 Å². The fourth-order valence-electron chi connectivity index (χ4n) is 2.04. The average Bonchev–Trinajstić information content (AvgIpc) is 2.87. The monoisotopic (exact) mass is 295 g/mol. The van der Waals surface area contributed by atoms with Crippen molar-refractivity contribution >= 4 is 16.9 Å². The Morgan fingerprint density at radius 3 is 2.33 bits per heavy atom. The van der Waals surface area contributed by atoms with Crippen molar-refractivity contribution in [2.24, 2.45) is 0 Å². The summed E-state index contributed by atoms with van der Waals surface area (Å²) in [6.45, 7) is -1.54. The Labute approximate surface area is 120 Å². The summed E-state index contributed by atoms with van der Waals surface area (Å²) < 4.78 is 5.50. The molecule has 1 heterocycles. The van der Waals surface area contributed by atoms with Gasteiger partial charge in [-0.2, -0.15) is 0 Å². The highest BCUT2D eigenvalue weighted by Crippen LogP contribution is 2.26. The number of benzene rings is 1. The smallest absolute Gasteiger partial charge is 0.339 e. The number of carboxylic acids is 1. The second kappa shape index (κ2) is 6.23. The molecule has 0 unspecified atom stereocenters. The van der Waals surface area contributed by atoms with Crippen molar-refractivity contribution in [3.63, 3.8) is 0 Å². The van der Waals surface area contributed by atoms with Gasteiger partial charge in [0.05, 0.1) is 31.9 Å². The van der Waals surface area contributed by atoms with Crippen molar-refractivity contribution in [2.75, 3.05) is 19.8 Å². The SMILES string of the molecule is O=C(O)c1c(CNC(CO)(CO)CO)oc2ccccc12. The Kier molecular flexibility index (Phi) is 4.59. The first-order valence-corrected chi connectivity index (χ1v) is 6.38. The zero-order valence-corrected chi connectivity index (χ0v) is 11.2. The van der Waals surface area contributed by atoms with E-state index in [0.29, 0.717) is 11.0 Å². The molecule has 0 atom stereocenters. The predicted molar refractivity (Wildman–Crippen MR) is 74.0 cm³/mol. The lowest BCUT2D eigenvalue weighted by Gasteiger charge is -2.28. The third-order valence-corrected chi connectivity index (χ3v) is 3.41. The molecule has 21 heavy (non-hydrogen) atoms. The Morgan fingerprint density at radius 1 is 1.14 bits per heavy atom. The normalized spacial score (nSPS) is 12.0. The lowest BCUT2D eigenvalue weighted by Crippen LogP contribution is -2.54. The molecule has 0 saturated carbocycles. The van der Waals surface area contributed by atoms with E-state index in [1.807, 2.05) is 0 Å². The van der Waals surface area contributed by atoms with Crippen LogP contribution in [0.2, 0.25) is 0 Å². The average molecular weight is 295 g/mol. The molecular weight excluding hydrogens is 278 g/mol. The first-order valence-electron chi connectivity index (χ1n) is 6.38. The molecule has 0 spiro atoms. The lowest BCUT2D eigenvalue weighted by atomic mass is 10.0. The van der Waals surface area contributed by atoms with E-state index < -0.39 is 31.3 Å². The standard InChI is InChI=1S/C14H17NO6/c16-6-14(7-17,8-18)15-5-11-12(13(19)20)9-3-1-2-4-10(9)21-11/h1-4,15-18H,5-8H2,(H,19,20). The second-order valence-corrected chi connectivity index (χ2v) is 4.81. The molecule has 2 aromatic rings. The zero-order chi connectivity index (χ0) is 15.5. The number of para-hydroxylation sites is 1. The molecular formula is C14H17NO6. The van der Waals surface area contributed by atoms with Gasteiger partial charge in [0.15, 0.2) is 0 Å². The summed E-state index contributed by atoms with van der Waals surface area (Å²) in [4.78, 5) is 11.4. The fraction of sp³-hybridized carbons (Fsp3) is 0.357. The first-order chi connectivity index (χ1) is 10.1. The molecule has 114 valence electrons. The quantitative estimate of drug-likeness (QED) is 0.484. The minimum atomic E-state index is -1.30. The van der Waals surface area contributed by atoms with Gasteiger partial charge in [-0.1, -0.05) is 18.2 Å². The Hall–Kier alpha value is -1.93. The number of fused-ring (bicyclic) bond motifs is 1. The molecule has 0 amide bonds. The summed E-state index contributed by atoms with van der Waals surface area (Å²) in [6.07, 6.45) is 0. The molecule has 5 N–H and O–H groups in total. The predicted octanol–water partition coefficient (Wildman–Crippen LogP) is -0.0637. The van der Waals surface area contributed by atoms with Gasteiger partial charge < -0.3 is 24.8 Å². The van der Waals surface area contributed by atoms with Crippen LogP contribution in [0.5, 0.6) is 0 Å². The van der Waals surface area contributed by atoms with Crippen LogP contribution in [0.15, 0.2) is 28.7 Å². The van der Waals surface area contributed by atoms with Gasteiger partial charge in [-0.3, -0.25) is 5.32 Å². The highest BCUT2D eigenvalue weighted by molar-refractivity contribution is 6.03. The van der Waals surface area contributed by atoms with Crippen molar-refractivity contribution < 1.29 is 29.6 Å². The van der Waals surface area contributed by atoms with Crippen LogP contribution in [-0.4, -0.2) is 51.8 Å². The zero-order valence-electron chi connectivity index (χ0n) is 11.2. The van der Waals surface area contributed by atoms with E-state index in [0.717, 1.165) is 0 Å². The maximum Gasteiger partial charge on any atom is 0.339 e. The maximum atomic E-state index is 11.4. The molecule has 7 heteroatoms. The number of hydrogen-bond acceptors (Lipinski definition) is 6. The number of aliphatic hydroxyl groups is 3. The van der Waals surface area contributed by atoms with Gasteiger partial charge in [0, 0.05) is 5.39 Å². The van der Waals surface area contributed by atoms with Gasteiger partial charge in [0.1, 0.15) is 16.9 Å². The largest absolute Gasteiger partial charge is 0.478 e. The molecule has 0 fully saturated rings. The minimum Gasteiger partial charge on any atom is -0.478 e. The van der Waals surface area contributed by atoms with Crippen molar-refractivity contribution in [1.82, 2.24) is 5.32 Å². The molecule has 7 nitrogen and oxygen atoms in total. The van der Waals surface area contributed by atoms with Crippen LogP contribution in [0.3, 0.4) is 0 Å². The van der Waals surface area contributed by atoms with Crippen molar-refractivity contribution in [1.29, 1.82) is 0 Å².